The highest BCUT2D eigenvalue weighted by molar-refractivity contribution is 5.81. The molecular weight excluding hydrogens is 192 g/mol. The maximum absolute atomic E-state index is 11.5. The summed E-state index contributed by atoms with van der Waals surface area (Å²) in [7, 11) is 0. The van der Waals surface area contributed by atoms with E-state index in [1.807, 2.05) is 13.8 Å². The Balaban J connectivity index is 2.23. The Morgan fingerprint density at radius 1 is 1.67 bits per heavy atom. The van der Waals surface area contributed by atoms with E-state index in [0.717, 1.165) is 18.8 Å². The fourth-order valence-electron chi connectivity index (χ4n) is 1.14. The number of hydrogen-bond acceptors (Lipinski definition) is 3. The lowest BCUT2D eigenvalue weighted by Crippen LogP contribution is -2.42. The molecule has 0 aliphatic heterocycles. The Kier molecular flexibility index (Phi) is 4.83. The molecule has 0 spiro atoms. The molecule has 0 aliphatic rings. The highest BCUT2D eigenvalue weighted by Gasteiger charge is 2.10. The van der Waals surface area contributed by atoms with Crippen LogP contribution in [-0.2, 0) is 11.3 Å². The van der Waals surface area contributed by atoms with Gasteiger partial charge in [0.05, 0.1) is 12.6 Å². The van der Waals surface area contributed by atoms with Crippen LogP contribution in [0.25, 0.3) is 0 Å². The van der Waals surface area contributed by atoms with Gasteiger partial charge in [-0.25, -0.2) is 4.98 Å². The molecule has 0 radical (unpaired) electrons. The summed E-state index contributed by atoms with van der Waals surface area (Å²) >= 11 is 0. The van der Waals surface area contributed by atoms with Crippen LogP contribution in [0.2, 0.25) is 0 Å². The summed E-state index contributed by atoms with van der Waals surface area (Å²) in [4.78, 5) is 18.5. The van der Waals surface area contributed by atoms with E-state index in [9.17, 15) is 4.79 Å². The van der Waals surface area contributed by atoms with Gasteiger partial charge in [0.2, 0.25) is 5.91 Å². The lowest BCUT2D eigenvalue weighted by molar-refractivity contribution is -0.122. The van der Waals surface area contributed by atoms with Gasteiger partial charge in [-0.1, -0.05) is 6.92 Å². The number of hydrogen-bond donors (Lipinski definition) is 3. The third-order valence-electron chi connectivity index (χ3n) is 2.07. The van der Waals surface area contributed by atoms with Gasteiger partial charge in [0.1, 0.15) is 5.82 Å². The molecule has 15 heavy (non-hydrogen) atoms. The van der Waals surface area contributed by atoms with Crippen molar-refractivity contribution in [3.63, 3.8) is 0 Å². The number of carbonyl (C=O) groups is 1. The van der Waals surface area contributed by atoms with Gasteiger partial charge in [0, 0.05) is 18.9 Å². The summed E-state index contributed by atoms with van der Waals surface area (Å²) < 4.78 is 0. The maximum atomic E-state index is 11.5. The van der Waals surface area contributed by atoms with Crippen molar-refractivity contribution in [3.8, 4) is 0 Å². The summed E-state index contributed by atoms with van der Waals surface area (Å²) in [6, 6.07) is -0.193. The largest absolute Gasteiger partial charge is 0.355 e. The van der Waals surface area contributed by atoms with Crippen LogP contribution < -0.4 is 10.6 Å². The van der Waals surface area contributed by atoms with Gasteiger partial charge < -0.3 is 10.3 Å². The van der Waals surface area contributed by atoms with Crippen molar-refractivity contribution in [2.75, 3.05) is 6.54 Å². The monoisotopic (exact) mass is 210 g/mol. The third-order valence-corrected chi connectivity index (χ3v) is 2.07. The first kappa shape index (κ1) is 11.7. The van der Waals surface area contributed by atoms with Crippen LogP contribution in [0.4, 0.5) is 0 Å². The molecule has 3 N–H and O–H groups in total. The van der Waals surface area contributed by atoms with Crippen molar-refractivity contribution in [3.05, 3.63) is 18.2 Å². The van der Waals surface area contributed by atoms with Crippen LogP contribution in [0, 0.1) is 0 Å². The van der Waals surface area contributed by atoms with Gasteiger partial charge in [-0.15, -0.1) is 0 Å². The van der Waals surface area contributed by atoms with E-state index >= 15 is 0 Å². The van der Waals surface area contributed by atoms with Crippen LogP contribution in [0.1, 0.15) is 26.1 Å². The van der Waals surface area contributed by atoms with Gasteiger partial charge in [0.15, 0.2) is 0 Å². The minimum Gasteiger partial charge on any atom is -0.355 e. The van der Waals surface area contributed by atoms with Gasteiger partial charge in [-0.3, -0.25) is 10.1 Å². The summed E-state index contributed by atoms with van der Waals surface area (Å²) in [5.41, 5.74) is 0. The number of nitrogens with one attached hydrogen (secondary N) is 3. The summed E-state index contributed by atoms with van der Waals surface area (Å²) in [6.07, 6.45) is 4.41. The molecule has 5 nitrogen and oxygen atoms in total. The fourth-order valence-corrected chi connectivity index (χ4v) is 1.14. The average Bonchev–Trinajstić information content (AvgIpc) is 2.75. The molecule has 5 heteroatoms. The zero-order chi connectivity index (χ0) is 11.1. The van der Waals surface area contributed by atoms with E-state index in [2.05, 4.69) is 20.6 Å². The third kappa shape index (κ3) is 4.12. The molecule has 1 atom stereocenters. The molecule has 0 saturated heterocycles. The molecule has 1 aromatic rings. The number of nitrogens with zero attached hydrogens (tertiary/aromatic N) is 1. The van der Waals surface area contributed by atoms with Crippen molar-refractivity contribution >= 4 is 5.91 Å². The minimum absolute atomic E-state index is 0.0309. The smallest absolute Gasteiger partial charge is 0.236 e. The van der Waals surface area contributed by atoms with Gasteiger partial charge in [-0.05, 0) is 13.3 Å². The highest BCUT2D eigenvalue weighted by atomic mass is 16.2. The lowest BCUT2D eigenvalue weighted by Gasteiger charge is -2.12. The van der Waals surface area contributed by atoms with Crippen LogP contribution in [0.3, 0.4) is 0 Å². The van der Waals surface area contributed by atoms with Crippen LogP contribution in [0.15, 0.2) is 12.4 Å². The lowest BCUT2D eigenvalue weighted by atomic mass is 10.3. The van der Waals surface area contributed by atoms with E-state index in [4.69, 9.17) is 0 Å². The van der Waals surface area contributed by atoms with Crippen LogP contribution >= 0.6 is 0 Å². The van der Waals surface area contributed by atoms with Crippen molar-refractivity contribution in [2.24, 2.45) is 0 Å². The predicted molar refractivity (Wildman–Crippen MR) is 58.2 cm³/mol. The Morgan fingerprint density at radius 3 is 3.07 bits per heavy atom. The molecule has 0 bridgehead atoms. The minimum atomic E-state index is -0.193. The summed E-state index contributed by atoms with van der Waals surface area (Å²) in [5.74, 6) is 0.869. The number of carbonyl (C=O) groups excluding carboxylic acids is 1. The van der Waals surface area contributed by atoms with E-state index < -0.39 is 0 Å². The molecule has 1 amide bonds. The highest BCUT2D eigenvalue weighted by Crippen LogP contribution is 1.90. The number of aromatic amines is 1. The van der Waals surface area contributed by atoms with Gasteiger partial charge >= 0.3 is 0 Å². The van der Waals surface area contributed by atoms with Crippen LogP contribution in [0.5, 0.6) is 0 Å². The molecular formula is C10H18N4O. The Hall–Kier alpha value is -1.36. The van der Waals surface area contributed by atoms with Gasteiger partial charge in [0.25, 0.3) is 0 Å². The van der Waals surface area contributed by atoms with Crippen molar-refractivity contribution in [2.45, 2.75) is 32.9 Å². The SMILES string of the molecule is CCCNC(=O)C(C)NCc1ncc[nH]1. The Labute approximate surface area is 89.7 Å². The first-order chi connectivity index (χ1) is 7.24. The molecule has 0 saturated carbocycles. The average molecular weight is 210 g/mol. The normalized spacial score (nSPS) is 12.4. The van der Waals surface area contributed by atoms with Gasteiger partial charge in [-0.2, -0.15) is 0 Å². The standard InChI is InChI=1S/C10H18N4O/c1-3-4-13-10(15)8(2)14-7-9-11-5-6-12-9/h5-6,8,14H,3-4,7H2,1-2H3,(H,11,12)(H,13,15). The first-order valence-corrected chi connectivity index (χ1v) is 5.23. The second-order valence-corrected chi connectivity index (χ2v) is 3.43. The second kappa shape index (κ2) is 6.19. The molecule has 1 heterocycles. The molecule has 1 aromatic heterocycles. The van der Waals surface area contributed by atoms with E-state index in [-0.39, 0.29) is 11.9 Å². The zero-order valence-corrected chi connectivity index (χ0v) is 9.21. The quantitative estimate of drug-likeness (QED) is 0.637. The zero-order valence-electron chi connectivity index (χ0n) is 9.21. The number of H-pyrrole nitrogens is 1. The number of imidazole rings is 1. The molecule has 0 aliphatic carbocycles. The number of amides is 1. The topological polar surface area (TPSA) is 69.8 Å². The predicted octanol–water partition coefficient (Wildman–Crippen LogP) is 0.414. The van der Waals surface area contributed by atoms with Crippen molar-refractivity contribution in [1.29, 1.82) is 0 Å². The Bertz CT molecular complexity index is 284. The Morgan fingerprint density at radius 2 is 2.47 bits per heavy atom. The van der Waals surface area contributed by atoms with E-state index in [0.29, 0.717) is 6.54 Å². The number of rotatable bonds is 6. The maximum Gasteiger partial charge on any atom is 0.236 e. The van der Waals surface area contributed by atoms with E-state index in [1.54, 1.807) is 12.4 Å². The number of aromatic nitrogens is 2. The van der Waals surface area contributed by atoms with Crippen molar-refractivity contribution in [1.82, 2.24) is 20.6 Å². The summed E-state index contributed by atoms with van der Waals surface area (Å²) in [6.45, 7) is 5.18. The molecule has 1 rings (SSSR count). The molecule has 0 aromatic carbocycles. The first-order valence-electron chi connectivity index (χ1n) is 5.23. The summed E-state index contributed by atoms with van der Waals surface area (Å²) in [5, 5.41) is 5.92. The molecule has 1 unspecified atom stereocenters. The second-order valence-electron chi connectivity index (χ2n) is 3.43. The van der Waals surface area contributed by atoms with Crippen LogP contribution in [-0.4, -0.2) is 28.5 Å². The molecule has 0 fully saturated rings. The molecule has 84 valence electrons. The van der Waals surface area contributed by atoms with Crippen molar-refractivity contribution < 1.29 is 4.79 Å². The van der Waals surface area contributed by atoms with E-state index in [1.165, 1.54) is 0 Å². The fraction of sp³-hybridized carbons (Fsp3) is 0.600.